The molecule has 0 spiro atoms. The lowest BCUT2D eigenvalue weighted by atomic mass is 10.1. The summed E-state index contributed by atoms with van der Waals surface area (Å²) in [6.45, 7) is 0. The van der Waals surface area contributed by atoms with Gasteiger partial charge < -0.3 is 0 Å². The number of rotatable bonds is 3. The summed E-state index contributed by atoms with van der Waals surface area (Å²) in [5.41, 5.74) is 5.25. The fourth-order valence-electron chi connectivity index (χ4n) is 2.80. The zero-order valence-electron chi connectivity index (χ0n) is 14.3. The lowest BCUT2D eigenvalue weighted by molar-refractivity contribution is 1.18. The van der Waals surface area contributed by atoms with Crippen molar-refractivity contribution in [3.63, 3.8) is 0 Å². The zero-order chi connectivity index (χ0) is 18.6. The van der Waals surface area contributed by atoms with Gasteiger partial charge >= 0.3 is 0 Å². The summed E-state index contributed by atoms with van der Waals surface area (Å²) in [6.07, 6.45) is 0. The maximum absolute atomic E-state index is 9.03. The van der Waals surface area contributed by atoms with Crippen molar-refractivity contribution >= 4 is 15.9 Å². The Hall–Kier alpha value is -3.29. The van der Waals surface area contributed by atoms with Crippen LogP contribution in [0.15, 0.2) is 89.4 Å². The van der Waals surface area contributed by atoms with Gasteiger partial charge in [0.15, 0.2) is 5.82 Å². The summed E-state index contributed by atoms with van der Waals surface area (Å²) in [5, 5.41) is 9.03. The van der Waals surface area contributed by atoms with Crippen LogP contribution in [-0.4, -0.2) is 9.97 Å². The van der Waals surface area contributed by atoms with Crippen LogP contribution in [0.2, 0.25) is 0 Å². The molecular formula is C23H14BrN3. The summed E-state index contributed by atoms with van der Waals surface area (Å²) in [6, 6.07) is 29.6. The fraction of sp³-hybridized carbons (Fsp3) is 0. The largest absolute Gasteiger partial charge is 0.228 e. The number of halogens is 1. The lowest BCUT2D eigenvalue weighted by Crippen LogP contribution is -1.95. The normalized spacial score (nSPS) is 10.4. The van der Waals surface area contributed by atoms with Crippen molar-refractivity contribution in [3.05, 3.63) is 95.0 Å². The quantitative estimate of drug-likeness (QED) is 0.408. The number of nitrogens with zero attached hydrogens (tertiary/aromatic N) is 3. The van der Waals surface area contributed by atoms with E-state index in [1.807, 2.05) is 72.8 Å². The summed E-state index contributed by atoms with van der Waals surface area (Å²) in [4.78, 5) is 9.55. The third-order valence-electron chi connectivity index (χ3n) is 4.21. The fourth-order valence-corrected chi connectivity index (χ4v) is 3.06. The highest BCUT2D eigenvalue weighted by atomic mass is 79.9. The van der Waals surface area contributed by atoms with E-state index in [4.69, 9.17) is 15.2 Å². The molecule has 0 fully saturated rings. The molecule has 0 radical (unpaired) electrons. The van der Waals surface area contributed by atoms with Crippen molar-refractivity contribution < 1.29 is 0 Å². The van der Waals surface area contributed by atoms with Crippen LogP contribution >= 0.6 is 15.9 Å². The molecule has 27 heavy (non-hydrogen) atoms. The smallest absolute Gasteiger partial charge is 0.160 e. The number of nitriles is 1. The van der Waals surface area contributed by atoms with E-state index < -0.39 is 0 Å². The van der Waals surface area contributed by atoms with E-state index in [2.05, 4.69) is 22.0 Å². The van der Waals surface area contributed by atoms with Gasteiger partial charge in [0.25, 0.3) is 0 Å². The molecule has 4 rings (SSSR count). The Kier molecular flexibility index (Phi) is 4.78. The SMILES string of the molecule is N#Cc1ccc(-c2cc(-c3ccc(Br)cc3)nc(-c3ccccc3)n2)cc1. The van der Waals surface area contributed by atoms with E-state index in [9.17, 15) is 0 Å². The molecule has 1 aromatic heterocycles. The Bertz CT molecular complexity index is 1110. The molecule has 0 amide bonds. The first-order valence-electron chi connectivity index (χ1n) is 8.44. The predicted molar refractivity (Wildman–Crippen MR) is 111 cm³/mol. The third-order valence-corrected chi connectivity index (χ3v) is 4.74. The molecule has 4 heteroatoms. The molecule has 0 unspecified atom stereocenters. The van der Waals surface area contributed by atoms with Crippen LogP contribution in [0.4, 0.5) is 0 Å². The van der Waals surface area contributed by atoms with Crippen molar-refractivity contribution in [1.29, 1.82) is 5.26 Å². The Balaban J connectivity index is 1.88. The Morgan fingerprint density at radius 2 is 1.22 bits per heavy atom. The Morgan fingerprint density at radius 3 is 1.78 bits per heavy atom. The van der Waals surface area contributed by atoms with Gasteiger partial charge in [0.05, 0.1) is 23.0 Å². The number of hydrogen-bond acceptors (Lipinski definition) is 3. The predicted octanol–water partition coefficient (Wildman–Crippen LogP) is 6.11. The molecule has 3 aromatic carbocycles. The van der Waals surface area contributed by atoms with E-state index in [0.717, 1.165) is 32.6 Å². The Morgan fingerprint density at radius 1 is 0.667 bits per heavy atom. The van der Waals surface area contributed by atoms with Gasteiger partial charge in [0.1, 0.15) is 0 Å². The van der Waals surface area contributed by atoms with Gasteiger partial charge in [0.2, 0.25) is 0 Å². The number of benzene rings is 3. The molecule has 0 atom stereocenters. The van der Waals surface area contributed by atoms with Crippen LogP contribution in [0.25, 0.3) is 33.9 Å². The minimum atomic E-state index is 0.629. The second kappa shape index (κ2) is 7.53. The lowest BCUT2D eigenvalue weighted by Gasteiger charge is -2.09. The molecule has 1 heterocycles. The van der Waals surface area contributed by atoms with Crippen LogP contribution in [0.5, 0.6) is 0 Å². The Labute approximate surface area is 166 Å². The van der Waals surface area contributed by atoms with E-state index in [0.29, 0.717) is 11.4 Å². The molecule has 0 aliphatic rings. The van der Waals surface area contributed by atoms with E-state index in [-0.39, 0.29) is 0 Å². The van der Waals surface area contributed by atoms with Crippen molar-refractivity contribution in [1.82, 2.24) is 9.97 Å². The van der Waals surface area contributed by atoms with E-state index in [1.165, 1.54) is 0 Å². The minimum Gasteiger partial charge on any atom is -0.228 e. The molecular weight excluding hydrogens is 398 g/mol. The molecule has 128 valence electrons. The maximum Gasteiger partial charge on any atom is 0.160 e. The van der Waals surface area contributed by atoms with E-state index >= 15 is 0 Å². The van der Waals surface area contributed by atoms with Gasteiger partial charge in [-0.25, -0.2) is 9.97 Å². The first-order valence-corrected chi connectivity index (χ1v) is 9.23. The molecule has 0 N–H and O–H groups in total. The average molecular weight is 412 g/mol. The van der Waals surface area contributed by atoms with Gasteiger partial charge in [0, 0.05) is 21.2 Å². The first kappa shape index (κ1) is 17.1. The molecule has 0 saturated carbocycles. The topological polar surface area (TPSA) is 49.6 Å². The van der Waals surface area contributed by atoms with Crippen LogP contribution in [0.3, 0.4) is 0 Å². The van der Waals surface area contributed by atoms with Gasteiger partial charge in [-0.05, 0) is 30.3 Å². The zero-order valence-corrected chi connectivity index (χ0v) is 15.9. The summed E-state index contributed by atoms with van der Waals surface area (Å²) >= 11 is 3.47. The van der Waals surface area contributed by atoms with Crippen LogP contribution in [0, 0.1) is 11.3 Å². The van der Waals surface area contributed by atoms with Crippen LogP contribution in [0.1, 0.15) is 5.56 Å². The van der Waals surface area contributed by atoms with Crippen molar-refractivity contribution in [3.8, 4) is 40.0 Å². The van der Waals surface area contributed by atoms with Crippen LogP contribution in [-0.2, 0) is 0 Å². The maximum atomic E-state index is 9.03. The molecule has 0 saturated heterocycles. The number of hydrogen-bond donors (Lipinski definition) is 0. The standard InChI is InChI=1S/C23H14BrN3/c24-20-12-10-18(11-13-20)22-14-21(17-8-6-16(15-25)7-9-17)26-23(27-22)19-4-2-1-3-5-19/h1-14H. The van der Waals surface area contributed by atoms with Crippen LogP contribution < -0.4 is 0 Å². The molecule has 0 aliphatic carbocycles. The van der Waals surface area contributed by atoms with Gasteiger partial charge in [-0.3, -0.25) is 0 Å². The summed E-state index contributed by atoms with van der Waals surface area (Å²) in [7, 11) is 0. The monoisotopic (exact) mass is 411 g/mol. The first-order chi connectivity index (χ1) is 13.2. The molecule has 4 aromatic rings. The van der Waals surface area contributed by atoms with E-state index in [1.54, 1.807) is 12.1 Å². The molecule has 0 bridgehead atoms. The second-order valence-electron chi connectivity index (χ2n) is 6.02. The van der Waals surface area contributed by atoms with Gasteiger partial charge in [-0.2, -0.15) is 5.26 Å². The third kappa shape index (κ3) is 3.79. The van der Waals surface area contributed by atoms with Crippen molar-refractivity contribution in [2.45, 2.75) is 0 Å². The highest BCUT2D eigenvalue weighted by molar-refractivity contribution is 9.10. The average Bonchev–Trinajstić information content (AvgIpc) is 2.74. The summed E-state index contributed by atoms with van der Waals surface area (Å²) < 4.78 is 1.02. The van der Waals surface area contributed by atoms with Gasteiger partial charge in [-0.15, -0.1) is 0 Å². The second-order valence-corrected chi connectivity index (χ2v) is 6.94. The molecule has 0 aliphatic heterocycles. The minimum absolute atomic E-state index is 0.629. The summed E-state index contributed by atoms with van der Waals surface area (Å²) in [5.74, 6) is 0.676. The van der Waals surface area contributed by atoms with Crippen molar-refractivity contribution in [2.75, 3.05) is 0 Å². The number of aromatic nitrogens is 2. The molecule has 3 nitrogen and oxygen atoms in total. The highest BCUT2D eigenvalue weighted by Crippen LogP contribution is 2.28. The highest BCUT2D eigenvalue weighted by Gasteiger charge is 2.10. The van der Waals surface area contributed by atoms with Crippen molar-refractivity contribution in [2.24, 2.45) is 0 Å². The van der Waals surface area contributed by atoms with Gasteiger partial charge in [-0.1, -0.05) is 70.5 Å².